The van der Waals surface area contributed by atoms with E-state index in [4.69, 9.17) is 0 Å². The molecule has 2 nitrogen and oxygen atoms in total. The van der Waals surface area contributed by atoms with Crippen molar-refractivity contribution in [3.63, 3.8) is 0 Å². The van der Waals surface area contributed by atoms with E-state index < -0.39 is 0 Å². The normalized spacial score (nSPS) is 27.5. The molecule has 0 fully saturated rings. The molecule has 0 aromatic heterocycles. The number of hydrogen-bond donors (Lipinski definition) is 1. The van der Waals surface area contributed by atoms with Crippen LogP contribution in [0.2, 0.25) is 0 Å². The molecule has 0 saturated heterocycles. The maximum atomic E-state index is 11.0. The molecule has 1 aliphatic carbocycles. The Kier molecular flexibility index (Phi) is 3.32. The predicted octanol–water partition coefficient (Wildman–Crippen LogP) is 1.72. The molecule has 0 spiro atoms. The lowest BCUT2D eigenvalue weighted by atomic mass is 9.98. The van der Waals surface area contributed by atoms with Gasteiger partial charge in [-0.15, -0.1) is 0 Å². The molecule has 2 atom stereocenters. The van der Waals surface area contributed by atoms with Crippen LogP contribution in [-0.4, -0.2) is 13.0 Å². The van der Waals surface area contributed by atoms with Gasteiger partial charge in [0.2, 0.25) is 5.91 Å². The first-order valence-corrected chi connectivity index (χ1v) is 4.65. The van der Waals surface area contributed by atoms with E-state index in [1.165, 1.54) is 6.42 Å². The van der Waals surface area contributed by atoms with Crippen molar-refractivity contribution in [2.24, 2.45) is 11.8 Å². The van der Waals surface area contributed by atoms with Gasteiger partial charge in [-0.05, 0) is 24.7 Å². The van der Waals surface area contributed by atoms with Crippen LogP contribution in [0.3, 0.4) is 0 Å². The largest absolute Gasteiger partial charge is 0.359 e. The van der Waals surface area contributed by atoms with E-state index >= 15 is 0 Å². The summed E-state index contributed by atoms with van der Waals surface area (Å²) in [7, 11) is 1.69. The maximum Gasteiger partial charge on any atom is 0.220 e. The van der Waals surface area contributed by atoms with Gasteiger partial charge in [-0.25, -0.2) is 0 Å². The quantitative estimate of drug-likeness (QED) is 0.637. The molecular formula is C10H17NO. The Bertz CT molecular complexity index is 186. The summed E-state index contributed by atoms with van der Waals surface area (Å²) < 4.78 is 0. The fourth-order valence-electron chi connectivity index (χ4n) is 1.65. The zero-order valence-corrected chi connectivity index (χ0v) is 7.84. The minimum Gasteiger partial charge on any atom is -0.359 e. The van der Waals surface area contributed by atoms with Crippen molar-refractivity contribution >= 4 is 5.91 Å². The Hall–Kier alpha value is -0.790. The Morgan fingerprint density at radius 2 is 2.17 bits per heavy atom. The van der Waals surface area contributed by atoms with Crippen LogP contribution in [0.25, 0.3) is 0 Å². The highest BCUT2D eigenvalue weighted by atomic mass is 16.1. The van der Waals surface area contributed by atoms with Crippen molar-refractivity contribution in [1.82, 2.24) is 5.32 Å². The molecule has 0 unspecified atom stereocenters. The van der Waals surface area contributed by atoms with Crippen LogP contribution >= 0.6 is 0 Å². The lowest BCUT2D eigenvalue weighted by Crippen LogP contribution is -2.20. The van der Waals surface area contributed by atoms with Crippen LogP contribution in [0.5, 0.6) is 0 Å². The molecule has 0 aromatic rings. The van der Waals surface area contributed by atoms with E-state index in [-0.39, 0.29) is 5.91 Å². The van der Waals surface area contributed by atoms with Crippen molar-refractivity contribution in [1.29, 1.82) is 0 Å². The second-order valence-corrected chi connectivity index (χ2v) is 3.43. The van der Waals surface area contributed by atoms with Crippen LogP contribution in [0.15, 0.2) is 12.2 Å². The molecule has 2 heteroatoms. The van der Waals surface area contributed by atoms with Crippen molar-refractivity contribution < 1.29 is 4.79 Å². The zero-order valence-electron chi connectivity index (χ0n) is 7.84. The molecular weight excluding hydrogens is 150 g/mol. The lowest BCUT2D eigenvalue weighted by Gasteiger charge is -2.08. The number of nitrogens with one attached hydrogen (secondary N) is 1. The summed E-state index contributed by atoms with van der Waals surface area (Å²) in [5.41, 5.74) is 0. The van der Waals surface area contributed by atoms with Gasteiger partial charge in [-0.1, -0.05) is 19.1 Å². The van der Waals surface area contributed by atoms with Crippen LogP contribution in [0.4, 0.5) is 0 Å². The monoisotopic (exact) mass is 167 g/mol. The first-order chi connectivity index (χ1) is 5.76. The Labute approximate surface area is 74.0 Å². The summed E-state index contributed by atoms with van der Waals surface area (Å²) in [5.74, 6) is 1.34. The van der Waals surface area contributed by atoms with Gasteiger partial charge in [0, 0.05) is 13.5 Å². The van der Waals surface area contributed by atoms with Gasteiger partial charge < -0.3 is 5.32 Å². The average Bonchev–Trinajstić information content (AvgIpc) is 2.52. The second-order valence-electron chi connectivity index (χ2n) is 3.43. The third-order valence-electron chi connectivity index (χ3n) is 2.51. The van der Waals surface area contributed by atoms with E-state index in [0.29, 0.717) is 18.3 Å². The highest BCUT2D eigenvalue weighted by molar-refractivity contribution is 5.76. The minimum atomic E-state index is 0.154. The fraction of sp³-hybridized carbons (Fsp3) is 0.700. The van der Waals surface area contributed by atoms with Gasteiger partial charge in [-0.2, -0.15) is 0 Å². The number of hydrogen-bond acceptors (Lipinski definition) is 1. The molecule has 1 N–H and O–H groups in total. The second kappa shape index (κ2) is 4.29. The lowest BCUT2D eigenvalue weighted by molar-refractivity contribution is -0.121. The van der Waals surface area contributed by atoms with Crippen molar-refractivity contribution in [3.05, 3.63) is 12.2 Å². The van der Waals surface area contributed by atoms with Crippen LogP contribution < -0.4 is 5.32 Å². The smallest absolute Gasteiger partial charge is 0.220 e. The maximum absolute atomic E-state index is 11.0. The van der Waals surface area contributed by atoms with E-state index in [1.807, 2.05) is 0 Å². The summed E-state index contributed by atoms with van der Waals surface area (Å²) in [4.78, 5) is 11.0. The van der Waals surface area contributed by atoms with Crippen molar-refractivity contribution in [3.8, 4) is 0 Å². The fourth-order valence-corrected chi connectivity index (χ4v) is 1.65. The number of allylic oxidation sites excluding steroid dienone is 2. The molecule has 0 radical (unpaired) electrons. The molecule has 1 aliphatic rings. The molecule has 0 heterocycles. The third kappa shape index (κ3) is 2.36. The van der Waals surface area contributed by atoms with Gasteiger partial charge in [0.1, 0.15) is 0 Å². The first-order valence-electron chi connectivity index (χ1n) is 4.65. The third-order valence-corrected chi connectivity index (χ3v) is 2.51. The highest BCUT2D eigenvalue weighted by Gasteiger charge is 2.19. The first kappa shape index (κ1) is 9.30. The summed E-state index contributed by atoms with van der Waals surface area (Å²) >= 11 is 0. The summed E-state index contributed by atoms with van der Waals surface area (Å²) in [5, 5.41) is 2.65. The molecule has 0 aromatic carbocycles. The molecule has 0 bridgehead atoms. The summed E-state index contributed by atoms with van der Waals surface area (Å²) in [6.45, 7) is 2.19. The average molecular weight is 167 g/mol. The van der Waals surface area contributed by atoms with Gasteiger partial charge in [0.15, 0.2) is 0 Å². The zero-order chi connectivity index (χ0) is 8.97. The topological polar surface area (TPSA) is 29.1 Å². The molecule has 0 aliphatic heterocycles. The van der Waals surface area contributed by atoms with Crippen LogP contribution in [0.1, 0.15) is 26.2 Å². The number of carbonyl (C=O) groups is 1. The number of rotatable bonds is 3. The molecule has 68 valence electrons. The molecule has 1 amide bonds. The Morgan fingerprint density at radius 3 is 2.67 bits per heavy atom. The van der Waals surface area contributed by atoms with Crippen molar-refractivity contribution in [2.45, 2.75) is 26.2 Å². The van der Waals surface area contributed by atoms with E-state index in [9.17, 15) is 4.79 Å². The van der Waals surface area contributed by atoms with Gasteiger partial charge >= 0.3 is 0 Å². The van der Waals surface area contributed by atoms with Gasteiger partial charge in [0.25, 0.3) is 0 Å². The van der Waals surface area contributed by atoms with Crippen LogP contribution in [0, 0.1) is 11.8 Å². The minimum absolute atomic E-state index is 0.154. The summed E-state index contributed by atoms with van der Waals surface area (Å²) in [6, 6.07) is 0. The Morgan fingerprint density at radius 1 is 1.50 bits per heavy atom. The van der Waals surface area contributed by atoms with E-state index in [2.05, 4.69) is 24.4 Å². The van der Waals surface area contributed by atoms with E-state index in [1.54, 1.807) is 7.05 Å². The predicted molar refractivity (Wildman–Crippen MR) is 49.7 cm³/mol. The molecule has 0 saturated carbocycles. The Balaban J connectivity index is 2.29. The highest BCUT2D eigenvalue weighted by Crippen LogP contribution is 2.27. The van der Waals surface area contributed by atoms with Crippen LogP contribution in [-0.2, 0) is 4.79 Å². The van der Waals surface area contributed by atoms with Gasteiger partial charge in [0.05, 0.1) is 0 Å². The van der Waals surface area contributed by atoms with E-state index in [0.717, 1.165) is 6.42 Å². The number of amides is 1. The summed E-state index contributed by atoms with van der Waals surface area (Å²) in [6.07, 6.45) is 7.44. The SMILES string of the molecule is CC[C@H]1C=C[C@@H](CC(=O)NC)C1. The molecule has 1 rings (SSSR count). The van der Waals surface area contributed by atoms with Crippen molar-refractivity contribution in [2.75, 3.05) is 7.05 Å². The van der Waals surface area contributed by atoms with Gasteiger partial charge in [-0.3, -0.25) is 4.79 Å². The number of carbonyl (C=O) groups excluding carboxylic acids is 1. The standard InChI is InChI=1S/C10H17NO/c1-3-8-4-5-9(6-8)7-10(12)11-2/h4-5,8-9H,3,6-7H2,1-2H3,(H,11,12)/t8-,9+/m0/s1. The molecule has 12 heavy (non-hydrogen) atoms.